The summed E-state index contributed by atoms with van der Waals surface area (Å²) in [6.45, 7) is 1.90. The van der Waals surface area contributed by atoms with Crippen LogP contribution in [0.25, 0.3) is 0 Å². The highest BCUT2D eigenvalue weighted by Gasteiger charge is 2.39. The molecule has 2 atom stereocenters. The minimum absolute atomic E-state index is 0.157. The lowest BCUT2D eigenvalue weighted by Crippen LogP contribution is -2.37. The number of nitriles is 1. The molecule has 2 rings (SSSR count). The van der Waals surface area contributed by atoms with Gasteiger partial charge in [-0.1, -0.05) is 0 Å². The molecule has 2 unspecified atom stereocenters. The summed E-state index contributed by atoms with van der Waals surface area (Å²) in [7, 11) is 1.66. The fourth-order valence-corrected chi connectivity index (χ4v) is 2.39. The predicted octanol–water partition coefficient (Wildman–Crippen LogP) is -0.376. The number of nitrogens with zero attached hydrogens (tertiary/aromatic N) is 4. The minimum atomic E-state index is -1.01. The first-order valence-corrected chi connectivity index (χ1v) is 5.57. The van der Waals surface area contributed by atoms with Crippen molar-refractivity contribution >= 4 is 11.8 Å². The van der Waals surface area contributed by atoms with E-state index in [9.17, 15) is 9.90 Å². The number of aliphatic hydroxyl groups is 1. The number of carbonyl (C=O) groups is 1. The molecule has 1 aliphatic rings. The third-order valence-corrected chi connectivity index (χ3v) is 3.14. The number of hydrogen-bond donors (Lipinski definition) is 2. The van der Waals surface area contributed by atoms with Crippen molar-refractivity contribution in [2.24, 2.45) is 7.05 Å². The van der Waals surface area contributed by atoms with Crippen LogP contribution in [0.3, 0.4) is 0 Å². The van der Waals surface area contributed by atoms with E-state index in [4.69, 9.17) is 10.4 Å². The molecule has 1 aliphatic heterocycles. The van der Waals surface area contributed by atoms with E-state index in [2.05, 4.69) is 5.10 Å². The molecule has 2 heterocycles. The number of aromatic nitrogens is 2. The molecule has 0 bridgehead atoms. The molecule has 1 aromatic rings. The zero-order chi connectivity index (χ0) is 13.4. The molecule has 1 saturated heterocycles. The van der Waals surface area contributed by atoms with E-state index in [0.29, 0.717) is 17.1 Å². The molecule has 0 saturated carbocycles. The van der Waals surface area contributed by atoms with Crippen molar-refractivity contribution in [3.05, 3.63) is 11.3 Å². The molecule has 1 aromatic heterocycles. The van der Waals surface area contributed by atoms with Crippen molar-refractivity contribution in [3.63, 3.8) is 0 Å². The Morgan fingerprint density at radius 3 is 2.83 bits per heavy atom. The van der Waals surface area contributed by atoms with Gasteiger partial charge in [-0.25, -0.2) is 4.79 Å². The van der Waals surface area contributed by atoms with Gasteiger partial charge in [0, 0.05) is 20.0 Å². The van der Waals surface area contributed by atoms with E-state index in [1.54, 1.807) is 14.0 Å². The molecule has 1 fully saturated rings. The van der Waals surface area contributed by atoms with Crippen LogP contribution in [0.15, 0.2) is 0 Å². The normalized spacial score (nSPS) is 23.1. The van der Waals surface area contributed by atoms with E-state index in [1.165, 1.54) is 9.58 Å². The van der Waals surface area contributed by atoms with E-state index < -0.39 is 18.1 Å². The standard InChI is InChI=1S/C11H14N4O3/c1-6-8(4-12)10(14(2)13-6)15-5-7(16)3-9(15)11(17)18/h7,9,16H,3,5H2,1-2H3,(H,17,18). The van der Waals surface area contributed by atoms with Crippen LogP contribution in [0, 0.1) is 18.3 Å². The number of hydrogen-bond acceptors (Lipinski definition) is 5. The lowest BCUT2D eigenvalue weighted by atomic mass is 10.2. The first-order chi connectivity index (χ1) is 8.45. The predicted molar refractivity (Wildman–Crippen MR) is 62.1 cm³/mol. The van der Waals surface area contributed by atoms with Crippen molar-refractivity contribution in [1.29, 1.82) is 5.26 Å². The molecule has 0 aromatic carbocycles. The summed E-state index contributed by atoms with van der Waals surface area (Å²) in [6, 6.07) is 1.22. The fraction of sp³-hybridized carbons (Fsp3) is 0.545. The van der Waals surface area contributed by atoms with Gasteiger partial charge in [0.15, 0.2) is 0 Å². The van der Waals surface area contributed by atoms with Crippen LogP contribution in [-0.2, 0) is 11.8 Å². The zero-order valence-electron chi connectivity index (χ0n) is 10.2. The van der Waals surface area contributed by atoms with Crippen LogP contribution < -0.4 is 4.90 Å². The fourth-order valence-electron chi connectivity index (χ4n) is 2.39. The molecule has 0 radical (unpaired) electrons. The third kappa shape index (κ3) is 1.80. The summed E-state index contributed by atoms with van der Waals surface area (Å²) in [5, 5.41) is 32.0. The molecule has 7 heteroatoms. The number of anilines is 1. The Morgan fingerprint density at radius 2 is 2.28 bits per heavy atom. The maximum absolute atomic E-state index is 11.2. The Kier molecular flexibility index (Phi) is 2.97. The molecule has 96 valence electrons. The number of aryl methyl sites for hydroxylation is 2. The number of aliphatic carboxylic acids is 1. The molecule has 7 nitrogen and oxygen atoms in total. The summed E-state index contributed by atoms with van der Waals surface area (Å²) in [5.74, 6) is -0.548. The zero-order valence-corrected chi connectivity index (χ0v) is 10.2. The van der Waals surface area contributed by atoms with Crippen LogP contribution in [0.2, 0.25) is 0 Å². The Morgan fingerprint density at radius 1 is 1.61 bits per heavy atom. The van der Waals surface area contributed by atoms with Crippen molar-refractivity contribution in [1.82, 2.24) is 9.78 Å². The van der Waals surface area contributed by atoms with E-state index >= 15 is 0 Å². The Labute approximate surface area is 104 Å². The highest BCUT2D eigenvalue weighted by Crippen LogP contribution is 2.29. The van der Waals surface area contributed by atoms with Gasteiger partial charge in [0.1, 0.15) is 23.5 Å². The van der Waals surface area contributed by atoms with Gasteiger partial charge < -0.3 is 15.1 Å². The Balaban J connectivity index is 2.48. The van der Waals surface area contributed by atoms with Crippen LogP contribution in [0.4, 0.5) is 5.82 Å². The third-order valence-electron chi connectivity index (χ3n) is 3.14. The number of β-amino-alcohol motifs (C(OH)–C–C–N with tert-alkyl or cyclic N) is 1. The second-order valence-electron chi connectivity index (χ2n) is 4.42. The maximum atomic E-state index is 11.2. The summed E-state index contributed by atoms with van der Waals surface area (Å²) < 4.78 is 1.49. The monoisotopic (exact) mass is 250 g/mol. The first kappa shape index (κ1) is 12.4. The van der Waals surface area contributed by atoms with Crippen LogP contribution in [-0.4, -0.2) is 44.7 Å². The first-order valence-electron chi connectivity index (χ1n) is 5.57. The molecule has 0 spiro atoms. The Bertz CT molecular complexity index is 531. The average Bonchev–Trinajstić information content (AvgIpc) is 2.78. The number of rotatable bonds is 2. The van der Waals surface area contributed by atoms with Gasteiger partial charge in [0.25, 0.3) is 0 Å². The summed E-state index contributed by atoms with van der Waals surface area (Å²) >= 11 is 0. The lowest BCUT2D eigenvalue weighted by molar-refractivity contribution is -0.138. The second kappa shape index (κ2) is 4.31. The summed E-state index contributed by atoms with van der Waals surface area (Å²) in [4.78, 5) is 12.7. The van der Waals surface area contributed by atoms with Crippen LogP contribution in [0.1, 0.15) is 17.7 Å². The highest BCUT2D eigenvalue weighted by atomic mass is 16.4. The quantitative estimate of drug-likeness (QED) is 0.742. The van der Waals surface area contributed by atoms with Gasteiger partial charge in [-0.2, -0.15) is 10.4 Å². The summed E-state index contributed by atoms with van der Waals surface area (Å²) in [5.41, 5.74) is 0.915. The number of carboxylic acid groups (broad SMARTS) is 1. The van der Waals surface area contributed by atoms with Crippen molar-refractivity contribution in [2.45, 2.75) is 25.5 Å². The second-order valence-corrected chi connectivity index (χ2v) is 4.42. The Hall–Kier alpha value is -2.07. The topological polar surface area (TPSA) is 102 Å². The van der Waals surface area contributed by atoms with Gasteiger partial charge in [-0.05, 0) is 6.92 Å². The number of aliphatic hydroxyl groups excluding tert-OH is 1. The maximum Gasteiger partial charge on any atom is 0.326 e. The van der Waals surface area contributed by atoms with Crippen LogP contribution in [0.5, 0.6) is 0 Å². The van der Waals surface area contributed by atoms with Crippen molar-refractivity contribution in [2.75, 3.05) is 11.4 Å². The van der Waals surface area contributed by atoms with Gasteiger partial charge in [-0.3, -0.25) is 4.68 Å². The van der Waals surface area contributed by atoms with Gasteiger partial charge in [0.05, 0.1) is 11.8 Å². The molecule has 0 amide bonds. The van der Waals surface area contributed by atoms with E-state index in [0.717, 1.165) is 0 Å². The summed E-state index contributed by atoms with van der Waals surface area (Å²) in [6.07, 6.45) is -0.544. The molecular formula is C11H14N4O3. The SMILES string of the molecule is Cc1nn(C)c(N2CC(O)CC2C(=O)O)c1C#N. The van der Waals surface area contributed by atoms with E-state index in [-0.39, 0.29) is 13.0 Å². The smallest absolute Gasteiger partial charge is 0.326 e. The van der Waals surface area contributed by atoms with Crippen molar-refractivity contribution < 1.29 is 15.0 Å². The minimum Gasteiger partial charge on any atom is -0.480 e. The van der Waals surface area contributed by atoms with Crippen molar-refractivity contribution in [3.8, 4) is 6.07 Å². The molecule has 0 aliphatic carbocycles. The largest absolute Gasteiger partial charge is 0.480 e. The van der Waals surface area contributed by atoms with E-state index in [1.807, 2.05) is 6.07 Å². The van der Waals surface area contributed by atoms with Gasteiger partial charge in [-0.15, -0.1) is 0 Å². The molecular weight excluding hydrogens is 236 g/mol. The highest BCUT2D eigenvalue weighted by molar-refractivity contribution is 5.79. The molecule has 18 heavy (non-hydrogen) atoms. The lowest BCUT2D eigenvalue weighted by Gasteiger charge is -2.23. The average molecular weight is 250 g/mol. The van der Waals surface area contributed by atoms with Gasteiger partial charge >= 0.3 is 5.97 Å². The van der Waals surface area contributed by atoms with Gasteiger partial charge in [0.2, 0.25) is 0 Å². The van der Waals surface area contributed by atoms with Crippen LogP contribution >= 0.6 is 0 Å². The molecule has 2 N–H and O–H groups in total. The number of carboxylic acids is 1.